The van der Waals surface area contributed by atoms with Gasteiger partial charge in [0.1, 0.15) is 13.2 Å². The second kappa shape index (κ2) is 7.85. The van der Waals surface area contributed by atoms with Crippen LogP contribution in [-0.2, 0) is 10.0 Å². The number of amides is 1. The van der Waals surface area contributed by atoms with Gasteiger partial charge in [0.15, 0.2) is 11.5 Å². The molecule has 4 rings (SSSR count). The van der Waals surface area contributed by atoms with Crippen molar-refractivity contribution >= 4 is 15.9 Å². The number of hydrazine groups is 1. The Kier molecular flexibility index (Phi) is 5.23. The summed E-state index contributed by atoms with van der Waals surface area (Å²) in [6.07, 6.45) is 0. The predicted molar refractivity (Wildman–Crippen MR) is 110 cm³/mol. The summed E-state index contributed by atoms with van der Waals surface area (Å²) in [7, 11) is -3.99. The van der Waals surface area contributed by atoms with Crippen LogP contribution in [0.2, 0.25) is 0 Å². The minimum atomic E-state index is -3.99. The third kappa shape index (κ3) is 3.77. The standard InChI is InChI=1S/C21H21N3O5S/c1-14-12-18(15(2)24(14)16-6-4-3-5-7-16)21(25)22-23-30(26,27)17-8-9-19-20(13-17)29-11-10-28-19/h3-9,12-13,23H,10-11H2,1-2H3,(H,22,25). The zero-order chi connectivity index (χ0) is 21.3. The number of nitrogens with zero attached hydrogens (tertiary/aromatic N) is 1. The highest BCUT2D eigenvalue weighted by molar-refractivity contribution is 7.89. The van der Waals surface area contributed by atoms with Gasteiger partial charge in [0.2, 0.25) is 0 Å². The number of fused-ring (bicyclic) bond motifs is 1. The zero-order valence-electron chi connectivity index (χ0n) is 16.5. The summed E-state index contributed by atoms with van der Waals surface area (Å²) < 4.78 is 38.0. The van der Waals surface area contributed by atoms with E-state index in [1.165, 1.54) is 18.2 Å². The van der Waals surface area contributed by atoms with Gasteiger partial charge in [-0.05, 0) is 44.2 Å². The van der Waals surface area contributed by atoms with Crippen LogP contribution in [0.25, 0.3) is 5.69 Å². The molecule has 2 aromatic carbocycles. The van der Waals surface area contributed by atoms with Crippen molar-refractivity contribution in [3.05, 3.63) is 71.5 Å². The molecular weight excluding hydrogens is 406 g/mol. The van der Waals surface area contributed by atoms with Crippen molar-refractivity contribution in [3.63, 3.8) is 0 Å². The van der Waals surface area contributed by atoms with Crippen molar-refractivity contribution in [2.75, 3.05) is 13.2 Å². The van der Waals surface area contributed by atoms with Gasteiger partial charge in [0.25, 0.3) is 15.9 Å². The highest BCUT2D eigenvalue weighted by atomic mass is 32.2. The van der Waals surface area contributed by atoms with E-state index in [0.717, 1.165) is 11.4 Å². The summed E-state index contributed by atoms with van der Waals surface area (Å²) in [5.41, 5.74) is 5.15. The Hall–Kier alpha value is -3.30. The molecule has 0 fully saturated rings. The molecular formula is C21H21N3O5S. The molecule has 0 spiro atoms. The second-order valence-electron chi connectivity index (χ2n) is 6.82. The van der Waals surface area contributed by atoms with Crippen molar-refractivity contribution in [2.24, 2.45) is 0 Å². The molecule has 156 valence electrons. The van der Waals surface area contributed by atoms with E-state index < -0.39 is 15.9 Å². The molecule has 0 radical (unpaired) electrons. The fourth-order valence-corrected chi connectivity index (χ4v) is 4.25. The first-order chi connectivity index (χ1) is 14.4. The summed E-state index contributed by atoms with van der Waals surface area (Å²) >= 11 is 0. The lowest BCUT2D eigenvalue weighted by Gasteiger charge is -2.19. The molecule has 0 aliphatic carbocycles. The third-order valence-corrected chi connectivity index (χ3v) is 6.06. The van der Waals surface area contributed by atoms with Gasteiger partial charge in [-0.15, -0.1) is 4.83 Å². The van der Waals surface area contributed by atoms with E-state index in [0.29, 0.717) is 36.0 Å². The van der Waals surface area contributed by atoms with Gasteiger partial charge in [-0.1, -0.05) is 18.2 Å². The first kappa shape index (κ1) is 20.0. The first-order valence-electron chi connectivity index (χ1n) is 9.33. The number of ether oxygens (including phenoxy) is 2. The number of nitrogens with one attached hydrogen (secondary N) is 2. The second-order valence-corrected chi connectivity index (χ2v) is 8.50. The van der Waals surface area contributed by atoms with E-state index >= 15 is 0 Å². The molecule has 1 aromatic heterocycles. The van der Waals surface area contributed by atoms with Crippen LogP contribution in [0.1, 0.15) is 21.7 Å². The van der Waals surface area contributed by atoms with Gasteiger partial charge in [0, 0.05) is 23.1 Å². The van der Waals surface area contributed by atoms with Gasteiger partial charge < -0.3 is 14.0 Å². The fourth-order valence-electron chi connectivity index (χ4n) is 3.40. The quantitative estimate of drug-likeness (QED) is 0.610. The average molecular weight is 427 g/mol. The summed E-state index contributed by atoms with van der Waals surface area (Å²) in [4.78, 5) is 14.8. The normalized spacial score (nSPS) is 13.1. The van der Waals surface area contributed by atoms with Crippen molar-refractivity contribution in [1.29, 1.82) is 0 Å². The highest BCUT2D eigenvalue weighted by Crippen LogP contribution is 2.32. The number of para-hydroxylation sites is 1. The molecule has 0 saturated heterocycles. The molecule has 0 bridgehead atoms. The van der Waals surface area contributed by atoms with Crippen LogP contribution >= 0.6 is 0 Å². The summed E-state index contributed by atoms with van der Waals surface area (Å²) in [6.45, 7) is 4.45. The molecule has 2 N–H and O–H groups in total. The zero-order valence-corrected chi connectivity index (χ0v) is 17.3. The van der Waals surface area contributed by atoms with Crippen LogP contribution in [0.3, 0.4) is 0 Å². The van der Waals surface area contributed by atoms with E-state index in [-0.39, 0.29) is 4.90 Å². The lowest BCUT2D eigenvalue weighted by molar-refractivity contribution is 0.0944. The summed E-state index contributed by atoms with van der Waals surface area (Å²) in [5, 5.41) is 0. The molecule has 2 heterocycles. The minimum absolute atomic E-state index is 0.0400. The fraction of sp³-hybridized carbons (Fsp3) is 0.190. The van der Waals surface area contributed by atoms with Gasteiger partial charge in [-0.25, -0.2) is 8.42 Å². The SMILES string of the molecule is Cc1cc(C(=O)NNS(=O)(=O)c2ccc3c(c2)OCCO3)c(C)n1-c1ccccc1. The molecule has 30 heavy (non-hydrogen) atoms. The maximum Gasteiger partial charge on any atom is 0.268 e. The van der Waals surface area contributed by atoms with Crippen molar-refractivity contribution in [1.82, 2.24) is 14.8 Å². The Bertz CT molecular complexity index is 1200. The molecule has 0 unspecified atom stereocenters. The van der Waals surface area contributed by atoms with Crippen LogP contribution in [0, 0.1) is 13.8 Å². The number of aryl methyl sites for hydroxylation is 1. The smallest absolute Gasteiger partial charge is 0.268 e. The van der Waals surface area contributed by atoms with Crippen molar-refractivity contribution in [2.45, 2.75) is 18.7 Å². The van der Waals surface area contributed by atoms with Crippen LogP contribution in [0.5, 0.6) is 11.5 Å². The Morgan fingerprint density at radius 2 is 1.67 bits per heavy atom. The van der Waals surface area contributed by atoms with Crippen molar-refractivity contribution < 1.29 is 22.7 Å². The van der Waals surface area contributed by atoms with Gasteiger partial charge in [-0.3, -0.25) is 10.2 Å². The van der Waals surface area contributed by atoms with E-state index in [9.17, 15) is 13.2 Å². The Morgan fingerprint density at radius 3 is 2.40 bits per heavy atom. The highest BCUT2D eigenvalue weighted by Gasteiger charge is 2.22. The van der Waals surface area contributed by atoms with Gasteiger partial charge >= 0.3 is 0 Å². The molecule has 9 heteroatoms. The van der Waals surface area contributed by atoms with Gasteiger partial charge in [0.05, 0.1) is 10.5 Å². The molecule has 1 aliphatic heterocycles. The number of sulfonamides is 1. The monoisotopic (exact) mass is 427 g/mol. The molecule has 1 amide bonds. The van der Waals surface area contributed by atoms with E-state index in [2.05, 4.69) is 10.3 Å². The molecule has 3 aromatic rings. The van der Waals surface area contributed by atoms with E-state index in [1.54, 1.807) is 6.07 Å². The predicted octanol–water partition coefficient (Wildman–Crippen LogP) is 2.49. The maximum atomic E-state index is 12.7. The number of benzene rings is 2. The number of hydrogen-bond donors (Lipinski definition) is 2. The van der Waals surface area contributed by atoms with E-state index in [4.69, 9.17) is 9.47 Å². The first-order valence-corrected chi connectivity index (χ1v) is 10.8. The molecule has 0 atom stereocenters. The number of hydrogen-bond acceptors (Lipinski definition) is 5. The lowest BCUT2D eigenvalue weighted by Crippen LogP contribution is -2.41. The Balaban J connectivity index is 1.52. The van der Waals surface area contributed by atoms with Crippen LogP contribution in [0.15, 0.2) is 59.5 Å². The topological polar surface area (TPSA) is 98.7 Å². The largest absolute Gasteiger partial charge is 0.486 e. The lowest BCUT2D eigenvalue weighted by atomic mass is 10.2. The minimum Gasteiger partial charge on any atom is -0.486 e. The number of carbonyl (C=O) groups is 1. The molecule has 8 nitrogen and oxygen atoms in total. The van der Waals surface area contributed by atoms with Crippen LogP contribution in [0.4, 0.5) is 0 Å². The number of rotatable bonds is 5. The van der Waals surface area contributed by atoms with Crippen LogP contribution in [-0.4, -0.2) is 32.1 Å². The van der Waals surface area contributed by atoms with Gasteiger partial charge in [-0.2, -0.15) is 0 Å². The molecule has 1 aliphatic rings. The summed E-state index contributed by atoms with van der Waals surface area (Å²) in [6, 6.07) is 15.6. The maximum absolute atomic E-state index is 12.7. The Labute approximate surface area is 174 Å². The van der Waals surface area contributed by atoms with E-state index in [1.807, 2.05) is 48.7 Å². The number of aromatic nitrogens is 1. The number of carbonyl (C=O) groups excluding carboxylic acids is 1. The van der Waals surface area contributed by atoms with Crippen molar-refractivity contribution in [3.8, 4) is 17.2 Å². The average Bonchev–Trinajstić information content (AvgIpc) is 3.06. The Morgan fingerprint density at radius 1 is 0.967 bits per heavy atom. The summed E-state index contributed by atoms with van der Waals surface area (Å²) in [5.74, 6) is 0.283. The third-order valence-electron chi connectivity index (χ3n) is 4.81. The van der Waals surface area contributed by atoms with Crippen LogP contribution < -0.4 is 19.7 Å². The molecule has 0 saturated carbocycles.